The van der Waals surface area contributed by atoms with E-state index in [1.54, 1.807) is 19.2 Å². The van der Waals surface area contributed by atoms with Crippen LogP contribution in [0.2, 0.25) is 0 Å². The number of hydrogen-bond donors (Lipinski definition) is 1. The van der Waals surface area contributed by atoms with E-state index in [0.29, 0.717) is 10.7 Å². The van der Waals surface area contributed by atoms with Crippen LogP contribution >= 0.6 is 12.2 Å². The molecule has 1 aromatic carbocycles. The molecule has 2 aliphatic rings. The average molecular weight is 437 g/mol. The Morgan fingerprint density at radius 1 is 1.23 bits per heavy atom. The Hall–Kier alpha value is -2.77. The monoisotopic (exact) mass is 436 g/mol. The van der Waals surface area contributed by atoms with Gasteiger partial charge in [0, 0.05) is 36.9 Å². The lowest BCUT2D eigenvalue weighted by Gasteiger charge is -2.29. The van der Waals surface area contributed by atoms with E-state index in [1.165, 1.54) is 6.07 Å². The maximum atomic E-state index is 14.0. The van der Waals surface area contributed by atoms with Gasteiger partial charge < -0.3 is 19.5 Å². The molecule has 0 aliphatic carbocycles. The number of aryl methyl sites for hydroxylation is 1. The van der Waals surface area contributed by atoms with Crippen molar-refractivity contribution in [2.24, 2.45) is 0 Å². The second-order valence-electron chi connectivity index (χ2n) is 8.15. The van der Waals surface area contributed by atoms with Crippen LogP contribution in [-0.2, 0) is 11.3 Å². The van der Waals surface area contributed by atoms with E-state index in [9.17, 15) is 4.39 Å². The molecule has 2 fully saturated rings. The number of halogens is 1. The molecule has 5 nitrogen and oxygen atoms in total. The third kappa shape index (κ3) is 3.83. The topological polar surface area (TPSA) is 42.3 Å². The highest BCUT2D eigenvalue weighted by molar-refractivity contribution is 7.80. The highest BCUT2D eigenvalue weighted by Gasteiger charge is 2.42. The van der Waals surface area contributed by atoms with Crippen molar-refractivity contribution in [1.82, 2.24) is 14.9 Å². The van der Waals surface area contributed by atoms with Crippen LogP contribution < -0.4 is 10.2 Å². The lowest BCUT2D eigenvalue weighted by molar-refractivity contribution is 0.0961. The van der Waals surface area contributed by atoms with Gasteiger partial charge in [-0.15, -0.1) is 0 Å². The first-order valence-electron chi connectivity index (χ1n) is 10.7. The lowest BCUT2D eigenvalue weighted by Crippen LogP contribution is -2.31. The van der Waals surface area contributed by atoms with Crippen LogP contribution in [0.3, 0.4) is 0 Å². The predicted molar refractivity (Wildman–Crippen MR) is 122 cm³/mol. The van der Waals surface area contributed by atoms with Crippen molar-refractivity contribution < 1.29 is 9.13 Å². The van der Waals surface area contributed by atoms with Gasteiger partial charge in [-0.05, 0) is 80.0 Å². The Bertz CT molecular complexity index is 1080. The summed E-state index contributed by atoms with van der Waals surface area (Å²) in [5.74, 6) is -0.221. The fourth-order valence-corrected chi connectivity index (χ4v) is 4.93. The molecular weight excluding hydrogens is 411 g/mol. The molecule has 2 saturated heterocycles. The number of pyridine rings is 1. The molecular formula is C24H25FN4OS. The van der Waals surface area contributed by atoms with Crippen molar-refractivity contribution in [1.29, 1.82) is 0 Å². The van der Waals surface area contributed by atoms with Gasteiger partial charge in [0.2, 0.25) is 0 Å². The van der Waals surface area contributed by atoms with Crippen molar-refractivity contribution in [3.05, 3.63) is 83.7 Å². The molecule has 0 unspecified atom stereocenters. The summed E-state index contributed by atoms with van der Waals surface area (Å²) in [6, 6.07) is 15.0. The summed E-state index contributed by atoms with van der Waals surface area (Å²) in [7, 11) is 0. The van der Waals surface area contributed by atoms with Crippen molar-refractivity contribution in [3.8, 4) is 0 Å². The standard InChI is InChI=1S/C24H25FN4OS/c1-16-14-17(9-10-19(16)25)29-23(22(27-24(29)31)20-7-2-3-11-26-20)21-8-4-12-28(21)15-18-6-5-13-30-18/h2-4,7-12,14,18,22-23H,5-6,13,15H2,1H3,(H,27,31)/t18-,22-,23+/m1/s1. The smallest absolute Gasteiger partial charge is 0.174 e. The van der Waals surface area contributed by atoms with E-state index in [4.69, 9.17) is 17.0 Å². The van der Waals surface area contributed by atoms with Crippen molar-refractivity contribution in [2.45, 2.75) is 44.5 Å². The third-order valence-electron chi connectivity index (χ3n) is 6.11. The Labute approximate surface area is 186 Å². The van der Waals surface area contributed by atoms with Crippen molar-refractivity contribution in [3.63, 3.8) is 0 Å². The number of ether oxygens (including phenoxy) is 1. The van der Waals surface area contributed by atoms with Gasteiger partial charge in [0.15, 0.2) is 5.11 Å². The second-order valence-corrected chi connectivity index (χ2v) is 8.54. The largest absolute Gasteiger partial charge is 0.376 e. The molecule has 0 radical (unpaired) electrons. The van der Waals surface area contributed by atoms with E-state index >= 15 is 0 Å². The van der Waals surface area contributed by atoms with Gasteiger partial charge in [-0.1, -0.05) is 6.07 Å². The van der Waals surface area contributed by atoms with Gasteiger partial charge in [0.05, 0.1) is 17.8 Å². The normalized spacial score (nSPS) is 23.4. The summed E-state index contributed by atoms with van der Waals surface area (Å²) in [4.78, 5) is 6.69. The van der Waals surface area contributed by atoms with Gasteiger partial charge in [0.25, 0.3) is 0 Å². The van der Waals surface area contributed by atoms with Crippen LogP contribution in [0.5, 0.6) is 0 Å². The van der Waals surface area contributed by atoms with Crippen molar-refractivity contribution in [2.75, 3.05) is 11.5 Å². The first-order valence-corrected chi connectivity index (χ1v) is 11.1. The minimum atomic E-state index is -0.221. The summed E-state index contributed by atoms with van der Waals surface area (Å²) < 4.78 is 22.1. The molecule has 160 valence electrons. The second kappa shape index (κ2) is 8.40. The molecule has 5 rings (SSSR count). The molecule has 4 heterocycles. The fourth-order valence-electron chi connectivity index (χ4n) is 4.58. The van der Waals surface area contributed by atoms with Crippen LogP contribution in [0.1, 0.15) is 41.9 Å². The molecule has 3 aromatic rings. The van der Waals surface area contributed by atoms with Gasteiger partial charge >= 0.3 is 0 Å². The third-order valence-corrected chi connectivity index (χ3v) is 6.42. The Morgan fingerprint density at radius 2 is 2.13 bits per heavy atom. The van der Waals surface area contributed by atoms with Crippen molar-refractivity contribution >= 4 is 23.0 Å². The van der Waals surface area contributed by atoms with Gasteiger partial charge in [-0.25, -0.2) is 4.39 Å². The first kappa shape index (κ1) is 20.2. The molecule has 0 spiro atoms. The zero-order valence-corrected chi connectivity index (χ0v) is 18.2. The minimum absolute atomic E-state index is 0.122. The zero-order valence-electron chi connectivity index (χ0n) is 17.4. The SMILES string of the molecule is Cc1cc(N2C(=S)N[C@H](c3ccccn3)[C@@H]2c2cccn2C[C@H]2CCCO2)ccc1F. The van der Waals surface area contributed by atoms with E-state index in [0.717, 1.165) is 43.1 Å². The average Bonchev–Trinajstić information content (AvgIpc) is 3.52. The summed E-state index contributed by atoms with van der Waals surface area (Å²) in [6.45, 7) is 3.40. The number of hydrogen-bond acceptors (Lipinski definition) is 3. The molecule has 31 heavy (non-hydrogen) atoms. The van der Waals surface area contributed by atoms with Crippen LogP contribution in [0.15, 0.2) is 60.9 Å². The maximum absolute atomic E-state index is 14.0. The maximum Gasteiger partial charge on any atom is 0.174 e. The predicted octanol–water partition coefficient (Wildman–Crippen LogP) is 4.69. The fraction of sp³-hybridized carbons (Fsp3) is 0.333. The van der Waals surface area contributed by atoms with Gasteiger partial charge in [0.1, 0.15) is 11.9 Å². The molecule has 7 heteroatoms. The number of benzene rings is 1. The number of rotatable bonds is 5. The Balaban J connectivity index is 1.58. The highest BCUT2D eigenvalue weighted by atomic mass is 32.1. The summed E-state index contributed by atoms with van der Waals surface area (Å²) >= 11 is 5.77. The number of thiocarbonyl (C=S) groups is 1. The van der Waals surface area contributed by atoms with E-state index in [-0.39, 0.29) is 24.0 Å². The quantitative estimate of drug-likeness (QED) is 0.588. The molecule has 3 atom stereocenters. The zero-order chi connectivity index (χ0) is 21.4. The molecule has 0 amide bonds. The number of aromatic nitrogens is 2. The molecule has 2 aliphatic heterocycles. The number of anilines is 1. The molecule has 0 saturated carbocycles. The number of nitrogens with one attached hydrogen (secondary N) is 1. The summed E-state index contributed by atoms with van der Waals surface area (Å²) in [6.07, 6.45) is 6.30. The molecule has 0 bridgehead atoms. The van der Waals surface area contributed by atoms with Gasteiger partial charge in [-0.3, -0.25) is 4.98 Å². The van der Waals surface area contributed by atoms with E-state index in [1.807, 2.05) is 24.3 Å². The summed E-state index contributed by atoms with van der Waals surface area (Å²) in [5, 5.41) is 4.08. The molecule has 1 N–H and O–H groups in total. The van der Waals surface area contributed by atoms with E-state index < -0.39 is 0 Å². The number of nitrogens with zero attached hydrogens (tertiary/aromatic N) is 3. The van der Waals surface area contributed by atoms with Gasteiger partial charge in [-0.2, -0.15) is 0 Å². The minimum Gasteiger partial charge on any atom is -0.376 e. The lowest BCUT2D eigenvalue weighted by atomic mass is 10.0. The van der Waals surface area contributed by atoms with Crippen LogP contribution in [0, 0.1) is 12.7 Å². The molecule has 2 aromatic heterocycles. The Morgan fingerprint density at radius 3 is 2.87 bits per heavy atom. The van der Waals surface area contributed by atoms with Crippen LogP contribution in [0.4, 0.5) is 10.1 Å². The van der Waals surface area contributed by atoms with Crippen LogP contribution in [-0.4, -0.2) is 27.4 Å². The Kier molecular flexibility index (Phi) is 5.46. The van der Waals surface area contributed by atoms with E-state index in [2.05, 4.69) is 38.1 Å². The highest BCUT2D eigenvalue weighted by Crippen LogP contribution is 2.42. The summed E-state index contributed by atoms with van der Waals surface area (Å²) in [5.41, 5.74) is 3.50. The van der Waals surface area contributed by atoms with Crippen LogP contribution in [0.25, 0.3) is 0 Å². The first-order chi connectivity index (χ1) is 15.1.